The summed E-state index contributed by atoms with van der Waals surface area (Å²) >= 11 is 15.1. The molecule has 0 N–H and O–H groups in total. The lowest BCUT2D eigenvalue weighted by molar-refractivity contribution is 0.305. The van der Waals surface area contributed by atoms with Crippen molar-refractivity contribution in [1.82, 2.24) is 0 Å². The molecular weight excluding hydrogens is 342 g/mol. The molecule has 0 aliphatic heterocycles. The fourth-order valence-corrected chi connectivity index (χ4v) is 2.10. The number of hydrogen-bond acceptors (Lipinski definition) is 1. The van der Waals surface area contributed by atoms with Crippen LogP contribution in [-0.2, 0) is 6.61 Å². The smallest absolute Gasteiger partial charge is 0.142 e. The summed E-state index contributed by atoms with van der Waals surface area (Å²) in [6.45, 7) is 0.159. The van der Waals surface area contributed by atoms with Gasteiger partial charge in [0.1, 0.15) is 18.2 Å². The van der Waals surface area contributed by atoms with Crippen LogP contribution in [0.1, 0.15) is 5.56 Å². The highest BCUT2D eigenvalue weighted by molar-refractivity contribution is 9.10. The molecule has 0 spiro atoms. The maximum Gasteiger partial charge on any atom is 0.142 e. The van der Waals surface area contributed by atoms with Crippen molar-refractivity contribution in [1.29, 1.82) is 0 Å². The monoisotopic (exact) mass is 348 g/mol. The zero-order valence-corrected chi connectivity index (χ0v) is 12.2. The third-order valence-corrected chi connectivity index (χ3v) is 3.54. The second-order valence-corrected chi connectivity index (χ2v) is 5.28. The maximum absolute atomic E-state index is 13.2. The van der Waals surface area contributed by atoms with Crippen LogP contribution in [0.5, 0.6) is 5.75 Å². The van der Waals surface area contributed by atoms with Crippen molar-refractivity contribution in [2.75, 3.05) is 0 Å². The standard InChI is InChI=1S/C13H8BrCl2FO/c14-9-4-5-10(15)12(6-9)18-7-8-2-1-3-11(17)13(8)16/h1-6H,7H2. The molecule has 0 atom stereocenters. The summed E-state index contributed by atoms with van der Waals surface area (Å²) in [6.07, 6.45) is 0. The molecule has 0 aliphatic rings. The van der Waals surface area contributed by atoms with E-state index in [0.29, 0.717) is 16.3 Å². The largest absolute Gasteiger partial charge is 0.487 e. The summed E-state index contributed by atoms with van der Waals surface area (Å²) in [5, 5.41) is 0.564. The molecule has 1 nitrogen and oxygen atoms in total. The highest BCUT2D eigenvalue weighted by atomic mass is 79.9. The number of ether oxygens (including phenoxy) is 1. The van der Waals surface area contributed by atoms with E-state index in [9.17, 15) is 4.39 Å². The van der Waals surface area contributed by atoms with E-state index in [2.05, 4.69) is 15.9 Å². The van der Waals surface area contributed by atoms with Crippen LogP contribution in [0, 0.1) is 5.82 Å². The second kappa shape index (κ2) is 5.91. The fraction of sp³-hybridized carbons (Fsp3) is 0.0769. The van der Waals surface area contributed by atoms with E-state index < -0.39 is 5.82 Å². The topological polar surface area (TPSA) is 9.23 Å². The van der Waals surface area contributed by atoms with Crippen LogP contribution in [0.25, 0.3) is 0 Å². The van der Waals surface area contributed by atoms with E-state index in [0.717, 1.165) is 4.47 Å². The Balaban J connectivity index is 2.16. The van der Waals surface area contributed by atoms with Gasteiger partial charge in [-0.05, 0) is 24.3 Å². The predicted octanol–water partition coefficient (Wildman–Crippen LogP) is 5.47. The van der Waals surface area contributed by atoms with Gasteiger partial charge in [-0.1, -0.05) is 51.3 Å². The van der Waals surface area contributed by atoms with Crippen molar-refractivity contribution in [3.8, 4) is 5.75 Å². The van der Waals surface area contributed by atoms with Crippen LogP contribution in [0.4, 0.5) is 4.39 Å². The Morgan fingerprint density at radius 1 is 1.17 bits per heavy atom. The van der Waals surface area contributed by atoms with Gasteiger partial charge in [-0.2, -0.15) is 0 Å². The summed E-state index contributed by atoms with van der Waals surface area (Å²) < 4.78 is 19.6. The normalized spacial score (nSPS) is 10.4. The van der Waals surface area contributed by atoms with E-state index in [-0.39, 0.29) is 11.6 Å². The quantitative estimate of drug-likeness (QED) is 0.713. The lowest BCUT2D eigenvalue weighted by Crippen LogP contribution is -1.98. The van der Waals surface area contributed by atoms with Gasteiger partial charge in [0.25, 0.3) is 0 Å². The van der Waals surface area contributed by atoms with Crippen molar-refractivity contribution < 1.29 is 9.13 Å². The Kier molecular flexibility index (Phi) is 4.49. The number of halogens is 4. The predicted molar refractivity (Wildman–Crippen MR) is 74.9 cm³/mol. The molecule has 5 heteroatoms. The van der Waals surface area contributed by atoms with Crippen LogP contribution in [0.2, 0.25) is 10.0 Å². The van der Waals surface area contributed by atoms with E-state index in [1.165, 1.54) is 6.07 Å². The van der Waals surface area contributed by atoms with Gasteiger partial charge in [0.2, 0.25) is 0 Å². The van der Waals surface area contributed by atoms with Crippen molar-refractivity contribution >= 4 is 39.1 Å². The third kappa shape index (κ3) is 3.16. The highest BCUT2D eigenvalue weighted by Crippen LogP contribution is 2.29. The molecule has 2 rings (SSSR count). The average molecular weight is 350 g/mol. The summed E-state index contributed by atoms with van der Waals surface area (Å²) in [7, 11) is 0. The molecule has 94 valence electrons. The molecule has 0 aliphatic carbocycles. The van der Waals surface area contributed by atoms with Crippen LogP contribution in [0.15, 0.2) is 40.9 Å². The van der Waals surface area contributed by atoms with Gasteiger partial charge >= 0.3 is 0 Å². The molecule has 0 saturated heterocycles. The van der Waals surface area contributed by atoms with Crippen molar-refractivity contribution in [3.63, 3.8) is 0 Å². The first-order valence-corrected chi connectivity index (χ1v) is 6.63. The summed E-state index contributed by atoms with van der Waals surface area (Å²) in [4.78, 5) is 0. The number of benzene rings is 2. The Hall–Kier alpha value is -0.770. The van der Waals surface area contributed by atoms with Crippen LogP contribution in [0.3, 0.4) is 0 Å². The van der Waals surface area contributed by atoms with Gasteiger partial charge < -0.3 is 4.74 Å². The number of hydrogen-bond donors (Lipinski definition) is 0. The highest BCUT2D eigenvalue weighted by Gasteiger charge is 2.08. The summed E-state index contributed by atoms with van der Waals surface area (Å²) in [5.74, 6) is 0.0597. The molecule has 0 aromatic heterocycles. The van der Waals surface area contributed by atoms with Gasteiger partial charge in [-0.25, -0.2) is 4.39 Å². The first kappa shape index (κ1) is 13.7. The van der Waals surface area contributed by atoms with Crippen LogP contribution >= 0.6 is 39.1 Å². The zero-order chi connectivity index (χ0) is 13.1. The maximum atomic E-state index is 13.2. The van der Waals surface area contributed by atoms with Crippen molar-refractivity contribution in [2.24, 2.45) is 0 Å². The lowest BCUT2D eigenvalue weighted by atomic mass is 10.2. The van der Waals surface area contributed by atoms with Gasteiger partial charge in [0.05, 0.1) is 10.0 Å². The molecule has 2 aromatic carbocycles. The van der Waals surface area contributed by atoms with E-state index >= 15 is 0 Å². The first-order chi connectivity index (χ1) is 8.58. The summed E-state index contributed by atoms with van der Waals surface area (Å²) in [5.41, 5.74) is 0.577. The molecule has 2 aromatic rings. The second-order valence-electron chi connectivity index (χ2n) is 3.58. The van der Waals surface area contributed by atoms with Crippen LogP contribution < -0.4 is 4.74 Å². The Morgan fingerprint density at radius 3 is 2.72 bits per heavy atom. The third-order valence-electron chi connectivity index (χ3n) is 2.31. The van der Waals surface area contributed by atoms with E-state index in [4.69, 9.17) is 27.9 Å². The molecular formula is C13H8BrCl2FO. The average Bonchev–Trinajstić information content (AvgIpc) is 2.35. The van der Waals surface area contributed by atoms with Crippen LogP contribution in [-0.4, -0.2) is 0 Å². The van der Waals surface area contributed by atoms with Gasteiger partial charge in [-0.15, -0.1) is 0 Å². The molecule has 0 unspecified atom stereocenters. The molecule has 18 heavy (non-hydrogen) atoms. The first-order valence-electron chi connectivity index (χ1n) is 5.08. The lowest BCUT2D eigenvalue weighted by Gasteiger charge is -2.10. The molecule has 0 fully saturated rings. The Labute approximate surface area is 123 Å². The van der Waals surface area contributed by atoms with Gasteiger partial charge in [-0.3, -0.25) is 0 Å². The fourth-order valence-electron chi connectivity index (χ4n) is 1.40. The zero-order valence-electron chi connectivity index (χ0n) is 9.09. The SMILES string of the molecule is Fc1cccc(COc2cc(Br)ccc2Cl)c1Cl. The molecule has 0 bridgehead atoms. The minimum absolute atomic E-state index is 0.0728. The van der Waals surface area contributed by atoms with E-state index in [1.807, 2.05) is 6.07 Å². The minimum atomic E-state index is -0.460. The minimum Gasteiger partial charge on any atom is -0.487 e. The summed E-state index contributed by atoms with van der Waals surface area (Å²) in [6, 6.07) is 9.87. The van der Waals surface area contributed by atoms with Crippen molar-refractivity contribution in [2.45, 2.75) is 6.61 Å². The van der Waals surface area contributed by atoms with E-state index in [1.54, 1.807) is 24.3 Å². The molecule has 0 radical (unpaired) electrons. The Morgan fingerprint density at radius 2 is 1.94 bits per heavy atom. The molecule has 0 heterocycles. The molecule has 0 amide bonds. The van der Waals surface area contributed by atoms with Crippen molar-refractivity contribution in [3.05, 3.63) is 62.3 Å². The van der Waals surface area contributed by atoms with Gasteiger partial charge in [0, 0.05) is 10.0 Å². The Bertz CT molecular complexity index is 573. The molecule has 0 saturated carbocycles. The van der Waals surface area contributed by atoms with Gasteiger partial charge in [0.15, 0.2) is 0 Å². The number of rotatable bonds is 3.